The number of pyridine rings is 1. The minimum Gasteiger partial charge on any atom is -0.203 e. The van der Waals surface area contributed by atoms with Crippen molar-refractivity contribution in [1.29, 1.82) is 0 Å². The molecule has 0 spiro atoms. The van der Waals surface area contributed by atoms with Gasteiger partial charge in [0.25, 0.3) is 0 Å². The first kappa shape index (κ1) is 7.26. The van der Waals surface area contributed by atoms with Gasteiger partial charge >= 0.3 is 0 Å². The second kappa shape index (κ2) is 2.82. The van der Waals surface area contributed by atoms with Gasteiger partial charge in [0, 0.05) is 18.6 Å². The van der Waals surface area contributed by atoms with Gasteiger partial charge in [-0.15, -0.1) is 0 Å². The van der Waals surface area contributed by atoms with E-state index < -0.39 is 0 Å². The SMILES string of the molecule is CC[n+]1cccc(C)c1C. The van der Waals surface area contributed by atoms with Gasteiger partial charge in [-0.05, 0) is 19.9 Å². The largest absolute Gasteiger partial charge is 0.203 e. The standard InChI is InChI=1S/C9H14N/c1-4-10-7-5-6-8(2)9(10)3/h5-7H,4H2,1-3H3/q+1. The maximum absolute atomic E-state index is 2.25. The molecule has 0 aromatic carbocycles. The molecule has 0 aliphatic rings. The summed E-state index contributed by atoms with van der Waals surface area (Å²) in [7, 11) is 0. The summed E-state index contributed by atoms with van der Waals surface area (Å²) < 4.78 is 2.25. The van der Waals surface area contributed by atoms with Crippen molar-refractivity contribution < 1.29 is 4.57 Å². The number of hydrogen-bond donors (Lipinski definition) is 0. The van der Waals surface area contributed by atoms with Gasteiger partial charge < -0.3 is 0 Å². The third-order valence-electron chi connectivity index (χ3n) is 1.95. The second-order valence-electron chi connectivity index (χ2n) is 2.56. The number of aromatic nitrogens is 1. The molecule has 10 heavy (non-hydrogen) atoms. The van der Waals surface area contributed by atoms with Crippen molar-refractivity contribution in [1.82, 2.24) is 0 Å². The van der Waals surface area contributed by atoms with Gasteiger partial charge in [0.15, 0.2) is 11.9 Å². The molecule has 0 amide bonds. The third kappa shape index (κ3) is 1.18. The van der Waals surface area contributed by atoms with Crippen molar-refractivity contribution in [2.45, 2.75) is 27.3 Å². The van der Waals surface area contributed by atoms with E-state index in [1.54, 1.807) is 0 Å². The van der Waals surface area contributed by atoms with Crippen LogP contribution in [0.3, 0.4) is 0 Å². The average molecular weight is 136 g/mol. The number of nitrogens with zero attached hydrogens (tertiary/aromatic N) is 1. The highest BCUT2D eigenvalue weighted by Crippen LogP contribution is 1.97. The molecule has 0 unspecified atom stereocenters. The van der Waals surface area contributed by atoms with Gasteiger partial charge in [-0.1, -0.05) is 0 Å². The summed E-state index contributed by atoms with van der Waals surface area (Å²) in [5.41, 5.74) is 2.73. The van der Waals surface area contributed by atoms with E-state index in [9.17, 15) is 0 Å². The van der Waals surface area contributed by atoms with E-state index in [0.29, 0.717) is 0 Å². The zero-order chi connectivity index (χ0) is 7.56. The predicted octanol–water partition coefficient (Wildman–Crippen LogP) is 1.61. The minimum atomic E-state index is 1.06. The van der Waals surface area contributed by atoms with Crippen LogP contribution >= 0.6 is 0 Å². The molecular formula is C9H14N+. The molecule has 0 bridgehead atoms. The van der Waals surface area contributed by atoms with Crippen LogP contribution in [0.4, 0.5) is 0 Å². The summed E-state index contributed by atoms with van der Waals surface area (Å²) in [5, 5.41) is 0. The molecule has 1 aromatic rings. The Morgan fingerprint density at radius 2 is 2.10 bits per heavy atom. The van der Waals surface area contributed by atoms with Crippen molar-refractivity contribution in [2.24, 2.45) is 0 Å². The predicted molar refractivity (Wildman–Crippen MR) is 41.8 cm³/mol. The van der Waals surface area contributed by atoms with Gasteiger partial charge in [0.2, 0.25) is 0 Å². The van der Waals surface area contributed by atoms with E-state index >= 15 is 0 Å². The fourth-order valence-corrected chi connectivity index (χ4v) is 1.09. The van der Waals surface area contributed by atoms with Gasteiger partial charge in [-0.2, -0.15) is 0 Å². The van der Waals surface area contributed by atoms with Gasteiger partial charge in [0.1, 0.15) is 6.54 Å². The van der Waals surface area contributed by atoms with Crippen molar-refractivity contribution in [3.63, 3.8) is 0 Å². The average Bonchev–Trinajstić information content (AvgIpc) is 1.95. The summed E-state index contributed by atoms with van der Waals surface area (Å²) in [6, 6.07) is 4.23. The number of hydrogen-bond acceptors (Lipinski definition) is 0. The van der Waals surface area contributed by atoms with Crippen LogP contribution in [0.25, 0.3) is 0 Å². The highest BCUT2D eigenvalue weighted by Gasteiger charge is 2.03. The van der Waals surface area contributed by atoms with E-state index in [2.05, 4.69) is 43.7 Å². The van der Waals surface area contributed by atoms with Crippen molar-refractivity contribution >= 4 is 0 Å². The lowest BCUT2D eigenvalue weighted by Gasteiger charge is -1.97. The van der Waals surface area contributed by atoms with Crippen LogP contribution in [-0.2, 0) is 6.54 Å². The molecule has 1 aromatic heterocycles. The molecule has 1 heterocycles. The van der Waals surface area contributed by atoms with Gasteiger partial charge in [-0.25, -0.2) is 4.57 Å². The lowest BCUT2D eigenvalue weighted by molar-refractivity contribution is -0.699. The van der Waals surface area contributed by atoms with E-state index in [-0.39, 0.29) is 0 Å². The fourth-order valence-electron chi connectivity index (χ4n) is 1.09. The first-order valence-corrected chi connectivity index (χ1v) is 3.71. The molecule has 0 saturated heterocycles. The summed E-state index contributed by atoms with van der Waals surface area (Å²) in [6.45, 7) is 7.51. The summed E-state index contributed by atoms with van der Waals surface area (Å²) in [4.78, 5) is 0. The molecule has 1 rings (SSSR count). The fraction of sp³-hybridized carbons (Fsp3) is 0.444. The maximum atomic E-state index is 2.25. The first-order chi connectivity index (χ1) is 4.75. The Balaban J connectivity index is 3.14. The normalized spacial score (nSPS) is 9.90. The Hall–Kier alpha value is -0.850. The van der Waals surface area contributed by atoms with E-state index in [1.165, 1.54) is 11.3 Å². The topological polar surface area (TPSA) is 3.88 Å². The van der Waals surface area contributed by atoms with E-state index in [1.807, 2.05) is 0 Å². The summed E-state index contributed by atoms with van der Waals surface area (Å²) in [5.74, 6) is 0. The van der Waals surface area contributed by atoms with Crippen molar-refractivity contribution in [3.05, 3.63) is 29.6 Å². The molecule has 0 radical (unpaired) electrons. The smallest absolute Gasteiger partial charge is 0.181 e. The lowest BCUT2D eigenvalue weighted by atomic mass is 10.2. The quantitative estimate of drug-likeness (QED) is 0.516. The molecule has 0 N–H and O–H groups in total. The zero-order valence-corrected chi connectivity index (χ0v) is 6.89. The Kier molecular flexibility index (Phi) is 2.05. The van der Waals surface area contributed by atoms with Crippen LogP contribution in [0.5, 0.6) is 0 Å². The number of aryl methyl sites for hydroxylation is 2. The lowest BCUT2D eigenvalue weighted by Crippen LogP contribution is -2.35. The highest BCUT2D eigenvalue weighted by atomic mass is 14.9. The molecule has 0 saturated carbocycles. The molecule has 1 nitrogen and oxygen atoms in total. The van der Waals surface area contributed by atoms with Gasteiger partial charge in [-0.3, -0.25) is 0 Å². The van der Waals surface area contributed by atoms with Crippen molar-refractivity contribution in [3.8, 4) is 0 Å². The van der Waals surface area contributed by atoms with Crippen LogP contribution in [0.15, 0.2) is 18.3 Å². The highest BCUT2D eigenvalue weighted by molar-refractivity contribution is 5.10. The van der Waals surface area contributed by atoms with Crippen LogP contribution in [-0.4, -0.2) is 0 Å². The summed E-state index contributed by atoms with van der Waals surface area (Å²) in [6.07, 6.45) is 2.11. The monoisotopic (exact) mass is 136 g/mol. The molecule has 0 aliphatic heterocycles. The molecular weight excluding hydrogens is 122 g/mol. The Bertz CT molecular complexity index is 228. The van der Waals surface area contributed by atoms with E-state index in [0.717, 1.165) is 6.54 Å². The Morgan fingerprint density at radius 3 is 2.60 bits per heavy atom. The third-order valence-corrected chi connectivity index (χ3v) is 1.95. The van der Waals surface area contributed by atoms with Crippen LogP contribution in [0.2, 0.25) is 0 Å². The Labute approximate surface area is 62.3 Å². The van der Waals surface area contributed by atoms with Crippen LogP contribution in [0.1, 0.15) is 18.2 Å². The first-order valence-electron chi connectivity index (χ1n) is 3.71. The Morgan fingerprint density at radius 1 is 1.40 bits per heavy atom. The molecule has 0 atom stereocenters. The van der Waals surface area contributed by atoms with Crippen LogP contribution in [0, 0.1) is 13.8 Å². The maximum Gasteiger partial charge on any atom is 0.181 e. The number of rotatable bonds is 1. The molecule has 0 fully saturated rings. The molecule has 1 heteroatoms. The van der Waals surface area contributed by atoms with E-state index in [4.69, 9.17) is 0 Å². The second-order valence-corrected chi connectivity index (χ2v) is 2.56. The molecule has 54 valence electrons. The van der Waals surface area contributed by atoms with Crippen molar-refractivity contribution in [2.75, 3.05) is 0 Å². The zero-order valence-electron chi connectivity index (χ0n) is 6.89. The minimum absolute atomic E-state index is 1.06. The van der Waals surface area contributed by atoms with Crippen LogP contribution < -0.4 is 4.57 Å². The van der Waals surface area contributed by atoms with Gasteiger partial charge in [0.05, 0.1) is 0 Å². The molecule has 0 aliphatic carbocycles. The summed E-state index contributed by atoms with van der Waals surface area (Å²) >= 11 is 0.